The van der Waals surface area contributed by atoms with Crippen molar-refractivity contribution >= 4 is 5.91 Å². The summed E-state index contributed by atoms with van der Waals surface area (Å²) in [5.74, 6) is 1.38. The average Bonchev–Trinajstić information content (AvgIpc) is 2.55. The molecule has 0 aliphatic rings. The summed E-state index contributed by atoms with van der Waals surface area (Å²) in [6, 6.07) is 17.0. The lowest BCUT2D eigenvalue weighted by Gasteiger charge is -2.14. The first-order valence-corrected chi connectivity index (χ1v) is 7.40. The van der Waals surface area contributed by atoms with Crippen molar-refractivity contribution < 1.29 is 14.3 Å². The molecule has 0 aliphatic carbocycles. The summed E-state index contributed by atoms with van der Waals surface area (Å²) >= 11 is 0. The smallest absolute Gasteiger partial charge is 0.261 e. The van der Waals surface area contributed by atoms with Crippen LogP contribution in [0.15, 0.2) is 54.6 Å². The van der Waals surface area contributed by atoms with Gasteiger partial charge in [0.05, 0.1) is 6.61 Å². The summed E-state index contributed by atoms with van der Waals surface area (Å²) in [6.07, 6.45) is -0.537. The second-order valence-electron chi connectivity index (χ2n) is 4.87. The third-order valence-electron chi connectivity index (χ3n) is 3.13. The Morgan fingerprint density at radius 1 is 1.05 bits per heavy atom. The van der Waals surface area contributed by atoms with Crippen LogP contribution in [0.3, 0.4) is 0 Å². The van der Waals surface area contributed by atoms with Gasteiger partial charge in [-0.05, 0) is 43.7 Å². The third kappa shape index (κ3) is 4.81. The van der Waals surface area contributed by atoms with Gasteiger partial charge in [-0.2, -0.15) is 0 Å². The Morgan fingerprint density at radius 3 is 2.36 bits per heavy atom. The topological polar surface area (TPSA) is 47.6 Å². The molecular weight excluding hydrogens is 278 g/mol. The van der Waals surface area contributed by atoms with Crippen LogP contribution in [-0.4, -0.2) is 18.6 Å². The van der Waals surface area contributed by atoms with Gasteiger partial charge >= 0.3 is 0 Å². The standard InChI is InChI=1S/C18H21NO3/c1-3-21-16-11-9-15(10-12-16)13-19-18(20)14(2)22-17-7-5-4-6-8-17/h4-12,14H,3,13H2,1-2H3,(H,19,20)/t14-/m1/s1. The van der Waals surface area contributed by atoms with Gasteiger partial charge in [-0.3, -0.25) is 4.79 Å². The highest BCUT2D eigenvalue weighted by molar-refractivity contribution is 5.80. The maximum absolute atomic E-state index is 12.0. The fraction of sp³-hybridized carbons (Fsp3) is 0.278. The summed E-state index contributed by atoms with van der Waals surface area (Å²) in [4.78, 5) is 12.0. The van der Waals surface area contributed by atoms with Crippen molar-refractivity contribution in [2.24, 2.45) is 0 Å². The molecule has 0 radical (unpaired) electrons. The zero-order chi connectivity index (χ0) is 15.8. The van der Waals surface area contributed by atoms with Crippen LogP contribution in [0.1, 0.15) is 19.4 Å². The van der Waals surface area contributed by atoms with Crippen molar-refractivity contribution in [3.8, 4) is 11.5 Å². The van der Waals surface area contributed by atoms with Crippen molar-refractivity contribution in [2.75, 3.05) is 6.61 Å². The fourth-order valence-electron chi connectivity index (χ4n) is 1.96. The van der Waals surface area contributed by atoms with Crippen LogP contribution in [0.5, 0.6) is 11.5 Å². The molecular formula is C18H21NO3. The van der Waals surface area contributed by atoms with E-state index in [2.05, 4.69) is 5.32 Å². The van der Waals surface area contributed by atoms with Crippen molar-refractivity contribution in [3.63, 3.8) is 0 Å². The van der Waals surface area contributed by atoms with Gasteiger partial charge < -0.3 is 14.8 Å². The average molecular weight is 299 g/mol. The van der Waals surface area contributed by atoms with Gasteiger partial charge in [-0.1, -0.05) is 30.3 Å². The van der Waals surface area contributed by atoms with Crippen molar-refractivity contribution in [2.45, 2.75) is 26.5 Å². The molecule has 22 heavy (non-hydrogen) atoms. The predicted octanol–water partition coefficient (Wildman–Crippen LogP) is 3.17. The highest BCUT2D eigenvalue weighted by atomic mass is 16.5. The SMILES string of the molecule is CCOc1ccc(CNC(=O)[C@@H](C)Oc2ccccc2)cc1. The summed E-state index contributed by atoms with van der Waals surface area (Å²) in [6.45, 7) is 4.79. The second-order valence-corrected chi connectivity index (χ2v) is 4.87. The number of rotatable bonds is 7. The van der Waals surface area contributed by atoms with Crippen LogP contribution in [0, 0.1) is 0 Å². The number of nitrogens with one attached hydrogen (secondary N) is 1. The normalized spacial score (nSPS) is 11.5. The number of ether oxygens (including phenoxy) is 2. The van der Waals surface area contributed by atoms with Crippen LogP contribution >= 0.6 is 0 Å². The Hall–Kier alpha value is -2.49. The molecule has 0 spiro atoms. The summed E-state index contributed by atoms with van der Waals surface area (Å²) in [5, 5.41) is 2.87. The minimum Gasteiger partial charge on any atom is -0.494 e. The minimum atomic E-state index is -0.537. The van der Waals surface area contributed by atoms with E-state index >= 15 is 0 Å². The number of para-hydroxylation sites is 1. The lowest BCUT2D eigenvalue weighted by atomic mass is 10.2. The lowest BCUT2D eigenvalue weighted by molar-refractivity contribution is -0.127. The van der Waals surface area contributed by atoms with E-state index in [1.54, 1.807) is 6.92 Å². The number of carbonyl (C=O) groups is 1. The van der Waals surface area contributed by atoms with Crippen LogP contribution in [0.2, 0.25) is 0 Å². The number of hydrogen-bond donors (Lipinski definition) is 1. The van der Waals surface area contributed by atoms with Crippen LogP contribution in [-0.2, 0) is 11.3 Å². The molecule has 0 aromatic heterocycles. The number of hydrogen-bond acceptors (Lipinski definition) is 3. The van der Waals surface area contributed by atoms with Crippen LogP contribution < -0.4 is 14.8 Å². The molecule has 0 aliphatic heterocycles. The van der Waals surface area contributed by atoms with E-state index in [9.17, 15) is 4.79 Å². The first-order chi connectivity index (χ1) is 10.7. The molecule has 4 nitrogen and oxygen atoms in total. The maximum atomic E-state index is 12.0. The number of amides is 1. The molecule has 4 heteroatoms. The molecule has 2 aromatic rings. The second kappa shape index (κ2) is 8.08. The highest BCUT2D eigenvalue weighted by Gasteiger charge is 2.13. The first-order valence-electron chi connectivity index (χ1n) is 7.40. The van der Waals surface area contributed by atoms with E-state index in [0.717, 1.165) is 11.3 Å². The maximum Gasteiger partial charge on any atom is 0.261 e. The van der Waals surface area contributed by atoms with Gasteiger partial charge in [0, 0.05) is 6.54 Å². The molecule has 0 saturated heterocycles. The molecule has 0 fully saturated rings. The minimum absolute atomic E-state index is 0.141. The van der Waals surface area contributed by atoms with E-state index in [0.29, 0.717) is 18.9 Å². The molecule has 0 unspecified atom stereocenters. The van der Waals surface area contributed by atoms with Gasteiger partial charge in [-0.25, -0.2) is 0 Å². The van der Waals surface area contributed by atoms with E-state index < -0.39 is 6.10 Å². The van der Waals surface area contributed by atoms with Gasteiger partial charge in [-0.15, -0.1) is 0 Å². The van der Waals surface area contributed by atoms with Gasteiger partial charge in [0.25, 0.3) is 5.91 Å². The van der Waals surface area contributed by atoms with Gasteiger partial charge in [0.2, 0.25) is 0 Å². The molecule has 116 valence electrons. The summed E-state index contributed by atoms with van der Waals surface area (Å²) in [7, 11) is 0. The Morgan fingerprint density at radius 2 is 1.73 bits per heavy atom. The molecule has 0 bridgehead atoms. The fourth-order valence-corrected chi connectivity index (χ4v) is 1.96. The Labute approximate surface area is 131 Å². The first kappa shape index (κ1) is 15.9. The number of carbonyl (C=O) groups excluding carboxylic acids is 1. The Balaban J connectivity index is 1.81. The summed E-state index contributed by atoms with van der Waals surface area (Å²) < 4.78 is 11.0. The van der Waals surface area contributed by atoms with Gasteiger partial charge in [0.15, 0.2) is 6.10 Å². The zero-order valence-electron chi connectivity index (χ0n) is 12.9. The summed E-state index contributed by atoms with van der Waals surface area (Å²) in [5.41, 5.74) is 1.02. The Kier molecular flexibility index (Phi) is 5.83. The number of benzene rings is 2. The lowest BCUT2D eigenvalue weighted by Crippen LogP contribution is -2.35. The molecule has 0 saturated carbocycles. The molecule has 0 heterocycles. The third-order valence-corrected chi connectivity index (χ3v) is 3.13. The largest absolute Gasteiger partial charge is 0.494 e. The zero-order valence-corrected chi connectivity index (χ0v) is 12.9. The molecule has 1 atom stereocenters. The van der Waals surface area contributed by atoms with Gasteiger partial charge in [0.1, 0.15) is 11.5 Å². The van der Waals surface area contributed by atoms with E-state index in [4.69, 9.17) is 9.47 Å². The van der Waals surface area contributed by atoms with E-state index in [1.165, 1.54) is 0 Å². The van der Waals surface area contributed by atoms with E-state index in [1.807, 2.05) is 61.5 Å². The molecule has 1 N–H and O–H groups in total. The van der Waals surface area contributed by atoms with E-state index in [-0.39, 0.29) is 5.91 Å². The monoisotopic (exact) mass is 299 g/mol. The molecule has 2 aromatic carbocycles. The highest BCUT2D eigenvalue weighted by Crippen LogP contribution is 2.13. The quantitative estimate of drug-likeness (QED) is 0.854. The van der Waals surface area contributed by atoms with Crippen molar-refractivity contribution in [1.82, 2.24) is 5.32 Å². The van der Waals surface area contributed by atoms with Crippen LogP contribution in [0.25, 0.3) is 0 Å². The van der Waals surface area contributed by atoms with Crippen LogP contribution in [0.4, 0.5) is 0 Å². The Bertz CT molecular complexity index is 581. The molecule has 2 rings (SSSR count). The van der Waals surface area contributed by atoms with Crippen molar-refractivity contribution in [1.29, 1.82) is 0 Å². The predicted molar refractivity (Wildman–Crippen MR) is 86.0 cm³/mol. The van der Waals surface area contributed by atoms with Crippen molar-refractivity contribution in [3.05, 3.63) is 60.2 Å². The molecule has 1 amide bonds.